The standard InChI is InChI=1S/C20H31ClN4O/c1-5-18(26)25-12-11-15(13-25)24-19(22-6-2)23-14-20(3,4)16-9-7-8-10-17(16)21/h7-10,15H,5-6,11-14H2,1-4H3,(H2,22,23,24). The highest BCUT2D eigenvalue weighted by molar-refractivity contribution is 6.31. The number of amides is 1. The number of rotatable bonds is 6. The molecule has 1 aliphatic heterocycles. The Bertz CT molecular complexity index is 644. The summed E-state index contributed by atoms with van der Waals surface area (Å²) in [5, 5.41) is 7.56. The highest BCUT2D eigenvalue weighted by Gasteiger charge is 2.27. The van der Waals surface area contributed by atoms with E-state index in [1.165, 1.54) is 0 Å². The number of nitrogens with one attached hydrogen (secondary N) is 2. The Hall–Kier alpha value is -1.75. The lowest BCUT2D eigenvalue weighted by Gasteiger charge is -2.25. The topological polar surface area (TPSA) is 56.7 Å². The Morgan fingerprint density at radius 3 is 2.73 bits per heavy atom. The number of aliphatic imine (C=N–C) groups is 1. The van der Waals surface area contributed by atoms with Gasteiger partial charge in [-0.3, -0.25) is 9.79 Å². The van der Waals surface area contributed by atoms with Crippen LogP contribution >= 0.6 is 11.6 Å². The summed E-state index contributed by atoms with van der Waals surface area (Å²) >= 11 is 6.36. The van der Waals surface area contributed by atoms with Crippen molar-refractivity contribution in [3.05, 3.63) is 34.9 Å². The lowest BCUT2D eigenvalue weighted by Crippen LogP contribution is -2.45. The van der Waals surface area contributed by atoms with E-state index in [0.717, 1.165) is 42.6 Å². The fourth-order valence-electron chi connectivity index (χ4n) is 3.21. The summed E-state index contributed by atoms with van der Waals surface area (Å²) in [7, 11) is 0. The summed E-state index contributed by atoms with van der Waals surface area (Å²) in [5.74, 6) is 1.01. The van der Waals surface area contributed by atoms with Crippen LogP contribution in [-0.4, -0.2) is 49.0 Å². The van der Waals surface area contributed by atoms with Crippen molar-refractivity contribution in [3.63, 3.8) is 0 Å². The molecule has 6 heteroatoms. The van der Waals surface area contributed by atoms with Gasteiger partial charge in [-0.05, 0) is 25.0 Å². The minimum atomic E-state index is -0.166. The smallest absolute Gasteiger partial charge is 0.222 e. The number of nitrogens with zero attached hydrogens (tertiary/aromatic N) is 2. The number of halogens is 1. The lowest BCUT2D eigenvalue weighted by molar-refractivity contribution is -0.129. The van der Waals surface area contributed by atoms with E-state index < -0.39 is 0 Å². The van der Waals surface area contributed by atoms with Crippen LogP contribution < -0.4 is 10.6 Å². The largest absolute Gasteiger partial charge is 0.357 e. The number of guanidine groups is 1. The minimum absolute atomic E-state index is 0.166. The molecule has 26 heavy (non-hydrogen) atoms. The molecule has 1 aliphatic rings. The molecule has 0 saturated carbocycles. The van der Waals surface area contributed by atoms with Gasteiger partial charge in [-0.25, -0.2) is 0 Å². The highest BCUT2D eigenvalue weighted by Crippen LogP contribution is 2.29. The molecule has 1 heterocycles. The number of hydrogen-bond acceptors (Lipinski definition) is 2. The maximum atomic E-state index is 11.9. The van der Waals surface area contributed by atoms with Crippen molar-refractivity contribution < 1.29 is 4.79 Å². The van der Waals surface area contributed by atoms with Gasteiger partial charge in [0.05, 0.1) is 6.54 Å². The van der Waals surface area contributed by atoms with Crippen LogP contribution in [0, 0.1) is 0 Å². The van der Waals surface area contributed by atoms with Crippen molar-refractivity contribution in [1.29, 1.82) is 0 Å². The van der Waals surface area contributed by atoms with Crippen LogP contribution in [0.3, 0.4) is 0 Å². The van der Waals surface area contributed by atoms with Crippen molar-refractivity contribution in [2.45, 2.75) is 52.0 Å². The van der Waals surface area contributed by atoms with Gasteiger partial charge in [-0.15, -0.1) is 0 Å². The van der Waals surface area contributed by atoms with E-state index >= 15 is 0 Å². The van der Waals surface area contributed by atoms with Gasteiger partial charge >= 0.3 is 0 Å². The summed E-state index contributed by atoms with van der Waals surface area (Å²) in [6.45, 7) is 11.2. The minimum Gasteiger partial charge on any atom is -0.357 e. The maximum absolute atomic E-state index is 11.9. The molecule has 0 radical (unpaired) electrons. The molecule has 144 valence electrons. The fraction of sp³-hybridized carbons (Fsp3) is 0.600. The maximum Gasteiger partial charge on any atom is 0.222 e. The van der Waals surface area contributed by atoms with E-state index in [0.29, 0.717) is 13.0 Å². The van der Waals surface area contributed by atoms with Crippen LogP contribution in [0.25, 0.3) is 0 Å². The third-order valence-corrected chi connectivity index (χ3v) is 5.09. The zero-order chi connectivity index (χ0) is 19.2. The van der Waals surface area contributed by atoms with Gasteiger partial charge in [0.2, 0.25) is 5.91 Å². The van der Waals surface area contributed by atoms with Crippen molar-refractivity contribution in [3.8, 4) is 0 Å². The normalized spacial score (nSPS) is 18.1. The van der Waals surface area contributed by atoms with Crippen LogP contribution in [0.4, 0.5) is 0 Å². The average Bonchev–Trinajstić information content (AvgIpc) is 3.08. The molecule has 1 amide bonds. The second kappa shape index (κ2) is 9.26. The average molecular weight is 379 g/mol. The zero-order valence-electron chi connectivity index (χ0n) is 16.3. The molecule has 5 nitrogen and oxygen atoms in total. The second-order valence-electron chi connectivity index (χ2n) is 7.38. The predicted octanol–water partition coefficient (Wildman–Crippen LogP) is 3.18. The van der Waals surface area contributed by atoms with Crippen LogP contribution in [-0.2, 0) is 10.2 Å². The van der Waals surface area contributed by atoms with Crippen LogP contribution in [0.15, 0.2) is 29.3 Å². The molecule has 1 aromatic rings. The predicted molar refractivity (Wildman–Crippen MR) is 109 cm³/mol. The number of carbonyl (C=O) groups excluding carboxylic acids is 1. The first-order valence-corrected chi connectivity index (χ1v) is 9.82. The van der Waals surface area contributed by atoms with E-state index in [9.17, 15) is 4.79 Å². The van der Waals surface area contributed by atoms with Crippen LogP contribution in [0.5, 0.6) is 0 Å². The Labute approximate surface area is 162 Å². The molecular formula is C20H31ClN4O. The molecule has 1 saturated heterocycles. The first-order valence-electron chi connectivity index (χ1n) is 9.45. The Kier molecular flexibility index (Phi) is 7.33. The molecule has 1 fully saturated rings. The highest BCUT2D eigenvalue weighted by atomic mass is 35.5. The van der Waals surface area contributed by atoms with Gasteiger partial charge in [0.1, 0.15) is 0 Å². The van der Waals surface area contributed by atoms with Gasteiger partial charge in [-0.2, -0.15) is 0 Å². The molecule has 1 atom stereocenters. The first kappa shape index (κ1) is 20.6. The third kappa shape index (κ3) is 5.37. The molecular weight excluding hydrogens is 348 g/mol. The molecule has 0 bridgehead atoms. The number of likely N-dealkylation sites (tertiary alicyclic amines) is 1. The van der Waals surface area contributed by atoms with Gasteiger partial charge in [0, 0.05) is 42.5 Å². The van der Waals surface area contributed by atoms with Gasteiger partial charge in [-0.1, -0.05) is 50.6 Å². The molecule has 1 aromatic carbocycles. The van der Waals surface area contributed by atoms with Crippen molar-refractivity contribution in [1.82, 2.24) is 15.5 Å². The summed E-state index contributed by atoms with van der Waals surface area (Å²) in [5.41, 5.74) is 0.933. The summed E-state index contributed by atoms with van der Waals surface area (Å²) in [6, 6.07) is 8.17. The molecule has 1 unspecified atom stereocenters. The molecule has 0 spiro atoms. The number of carbonyl (C=O) groups is 1. The van der Waals surface area contributed by atoms with Crippen LogP contribution in [0.2, 0.25) is 5.02 Å². The quantitative estimate of drug-likeness (QED) is 0.590. The Morgan fingerprint density at radius 1 is 1.35 bits per heavy atom. The summed E-state index contributed by atoms with van der Waals surface area (Å²) in [4.78, 5) is 18.6. The summed E-state index contributed by atoms with van der Waals surface area (Å²) in [6.07, 6.45) is 1.51. The zero-order valence-corrected chi connectivity index (χ0v) is 17.1. The third-order valence-electron chi connectivity index (χ3n) is 4.76. The van der Waals surface area contributed by atoms with E-state index in [4.69, 9.17) is 16.6 Å². The van der Waals surface area contributed by atoms with Crippen LogP contribution in [0.1, 0.15) is 46.1 Å². The SMILES string of the molecule is CCNC(=NCC(C)(C)c1ccccc1Cl)NC1CCN(C(=O)CC)C1. The summed E-state index contributed by atoms with van der Waals surface area (Å²) < 4.78 is 0. The van der Waals surface area contributed by atoms with E-state index in [1.54, 1.807) is 0 Å². The van der Waals surface area contributed by atoms with Crippen molar-refractivity contribution >= 4 is 23.5 Å². The first-order chi connectivity index (χ1) is 12.4. The van der Waals surface area contributed by atoms with Gasteiger partial charge in [0.25, 0.3) is 0 Å². The van der Waals surface area contributed by atoms with Crippen molar-refractivity contribution in [2.24, 2.45) is 4.99 Å². The lowest BCUT2D eigenvalue weighted by atomic mass is 9.85. The number of hydrogen-bond donors (Lipinski definition) is 2. The van der Waals surface area contributed by atoms with Crippen molar-refractivity contribution in [2.75, 3.05) is 26.2 Å². The fourth-order valence-corrected chi connectivity index (χ4v) is 3.61. The monoisotopic (exact) mass is 378 g/mol. The molecule has 0 aliphatic carbocycles. The van der Waals surface area contributed by atoms with E-state index in [-0.39, 0.29) is 17.4 Å². The Morgan fingerprint density at radius 2 is 2.08 bits per heavy atom. The molecule has 2 N–H and O–H groups in total. The Balaban J connectivity index is 2.02. The van der Waals surface area contributed by atoms with Gasteiger partial charge < -0.3 is 15.5 Å². The van der Waals surface area contributed by atoms with E-state index in [2.05, 4.69) is 37.5 Å². The van der Waals surface area contributed by atoms with Gasteiger partial charge in [0.15, 0.2) is 5.96 Å². The molecule has 0 aromatic heterocycles. The molecule has 2 rings (SSSR count). The number of benzene rings is 1. The second-order valence-corrected chi connectivity index (χ2v) is 7.79. The van der Waals surface area contributed by atoms with E-state index in [1.807, 2.05) is 30.0 Å².